The molecule has 0 aliphatic heterocycles. The van der Waals surface area contributed by atoms with Crippen molar-refractivity contribution in [3.63, 3.8) is 0 Å². The fourth-order valence-corrected chi connectivity index (χ4v) is 2.44. The van der Waals surface area contributed by atoms with Crippen LogP contribution in [0.15, 0.2) is 36.4 Å². The van der Waals surface area contributed by atoms with E-state index < -0.39 is 0 Å². The first-order valence-corrected chi connectivity index (χ1v) is 7.66. The van der Waals surface area contributed by atoms with Gasteiger partial charge in [-0.15, -0.1) is 0 Å². The summed E-state index contributed by atoms with van der Waals surface area (Å²) in [5.41, 5.74) is 0.797. The van der Waals surface area contributed by atoms with Crippen molar-refractivity contribution in [3.8, 4) is 5.75 Å². The fraction of sp³-hybridized carbons (Fsp3) is 0.471. The first kappa shape index (κ1) is 15.6. The molecule has 0 fully saturated rings. The van der Waals surface area contributed by atoms with E-state index in [1.54, 1.807) is 0 Å². The number of nitrogens with one attached hydrogen (secondary N) is 2. The number of anilines is 1. The summed E-state index contributed by atoms with van der Waals surface area (Å²) < 4.78 is 5.37. The Morgan fingerprint density at radius 3 is 2.76 bits per heavy atom. The second kappa shape index (κ2) is 8.47. The number of ether oxygens (including phenoxy) is 1. The van der Waals surface area contributed by atoms with Crippen LogP contribution >= 0.6 is 0 Å². The van der Waals surface area contributed by atoms with E-state index in [9.17, 15) is 4.79 Å². The summed E-state index contributed by atoms with van der Waals surface area (Å²) in [7, 11) is 0. The molecule has 0 saturated carbocycles. The molecular weight excluding hydrogens is 264 g/mol. The summed E-state index contributed by atoms with van der Waals surface area (Å²) in [6, 6.07) is 7.44. The molecule has 0 radical (unpaired) electrons. The molecule has 0 heterocycles. The van der Waals surface area contributed by atoms with Gasteiger partial charge in [0.1, 0.15) is 5.75 Å². The Kier molecular flexibility index (Phi) is 6.28. The van der Waals surface area contributed by atoms with Gasteiger partial charge in [0.2, 0.25) is 5.91 Å². The van der Waals surface area contributed by atoms with Crippen molar-refractivity contribution in [2.24, 2.45) is 5.92 Å². The van der Waals surface area contributed by atoms with Gasteiger partial charge in [-0.1, -0.05) is 12.2 Å². The largest absolute Gasteiger partial charge is 0.494 e. The number of carbonyl (C=O) groups is 1. The predicted molar refractivity (Wildman–Crippen MR) is 85.6 cm³/mol. The lowest BCUT2D eigenvalue weighted by atomic mass is 9.94. The van der Waals surface area contributed by atoms with E-state index >= 15 is 0 Å². The molecule has 1 aromatic carbocycles. The summed E-state index contributed by atoms with van der Waals surface area (Å²) in [4.78, 5) is 11.8. The number of hydrogen-bond acceptors (Lipinski definition) is 3. The van der Waals surface area contributed by atoms with E-state index in [0.29, 0.717) is 19.1 Å². The van der Waals surface area contributed by atoms with E-state index in [2.05, 4.69) is 22.8 Å². The summed E-state index contributed by atoms with van der Waals surface area (Å²) in [5.74, 6) is 1.47. The monoisotopic (exact) mass is 288 g/mol. The van der Waals surface area contributed by atoms with Crippen molar-refractivity contribution in [3.05, 3.63) is 36.4 Å². The average molecular weight is 288 g/mol. The maximum absolute atomic E-state index is 11.8. The van der Waals surface area contributed by atoms with Crippen LogP contribution in [0.4, 0.5) is 5.69 Å². The first-order valence-electron chi connectivity index (χ1n) is 7.66. The minimum absolute atomic E-state index is 0.00879. The molecule has 1 aromatic rings. The molecule has 1 unspecified atom stereocenters. The van der Waals surface area contributed by atoms with Gasteiger partial charge in [0.25, 0.3) is 0 Å². The molecule has 2 rings (SSSR count). The van der Waals surface area contributed by atoms with Crippen LogP contribution in [0.5, 0.6) is 5.75 Å². The Hall–Kier alpha value is -1.81. The highest BCUT2D eigenvalue weighted by Crippen LogP contribution is 2.17. The fourth-order valence-electron chi connectivity index (χ4n) is 2.44. The minimum Gasteiger partial charge on any atom is -0.494 e. The van der Waals surface area contributed by atoms with Gasteiger partial charge in [-0.25, -0.2) is 0 Å². The van der Waals surface area contributed by atoms with Crippen LogP contribution in [-0.4, -0.2) is 25.6 Å². The van der Waals surface area contributed by atoms with E-state index in [1.807, 2.05) is 31.2 Å². The smallest absolute Gasteiger partial charge is 0.238 e. The highest BCUT2D eigenvalue weighted by Gasteiger charge is 2.10. The third-order valence-corrected chi connectivity index (χ3v) is 3.55. The van der Waals surface area contributed by atoms with E-state index in [-0.39, 0.29) is 5.91 Å². The molecule has 114 valence electrons. The number of allylic oxidation sites excluding steroid dienone is 2. The highest BCUT2D eigenvalue weighted by atomic mass is 16.5. The molecule has 21 heavy (non-hydrogen) atoms. The minimum atomic E-state index is -0.00879. The van der Waals surface area contributed by atoms with Gasteiger partial charge in [-0.2, -0.15) is 0 Å². The Balaban J connectivity index is 1.67. The molecule has 4 nitrogen and oxygen atoms in total. The van der Waals surface area contributed by atoms with Gasteiger partial charge >= 0.3 is 0 Å². The number of carbonyl (C=O) groups excluding carboxylic acids is 1. The normalized spacial score (nSPS) is 17.5. The van der Waals surface area contributed by atoms with Crippen molar-refractivity contribution in [2.75, 3.05) is 25.0 Å². The molecule has 0 aromatic heterocycles. The summed E-state index contributed by atoms with van der Waals surface area (Å²) in [5, 5.41) is 6.11. The second-order valence-corrected chi connectivity index (χ2v) is 5.29. The van der Waals surface area contributed by atoms with Gasteiger partial charge in [0.05, 0.1) is 13.2 Å². The first-order chi connectivity index (χ1) is 10.3. The van der Waals surface area contributed by atoms with E-state index in [4.69, 9.17) is 4.74 Å². The third kappa shape index (κ3) is 5.60. The van der Waals surface area contributed by atoms with Gasteiger partial charge in [-0.05, 0) is 62.9 Å². The Labute approximate surface area is 126 Å². The van der Waals surface area contributed by atoms with Crippen LogP contribution in [0.2, 0.25) is 0 Å². The van der Waals surface area contributed by atoms with Gasteiger partial charge in [0.15, 0.2) is 0 Å². The standard InChI is InChI=1S/C17H24N2O2/c1-2-21-16-10-8-15(9-11-16)19-17(20)13-18-12-14-6-4-3-5-7-14/h3-4,8-11,14,18H,2,5-7,12-13H2,1H3,(H,19,20). The van der Waals surface area contributed by atoms with Crippen LogP contribution in [0.3, 0.4) is 0 Å². The molecular formula is C17H24N2O2. The number of rotatable bonds is 7. The topological polar surface area (TPSA) is 50.4 Å². The van der Waals surface area contributed by atoms with Crippen molar-refractivity contribution >= 4 is 11.6 Å². The van der Waals surface area contributed by atoms with Crippen molar-refractivity contribution in [2.45, 2.75) is 26.2 Å². The summed E-state index contributed by atoms with van der Waals surface area (Å²) in [6.45, 7) is 3.85. The van der Waals surface area contributed by atoms with Crippen molar-refractivity contribution < 1.29 is 9.53 Å². The lowest BCUT2D eigenvalue weighted by molar-refractivity contribution is -0.115. The maximum Gasteiger partial charge on any atom is 0.238 e. The van der Waals surface area contributed by atoms with Crippen LogP contribution in [-0.2, 0) is 4.79 Å². The predicted octanol–water partition coefficient (Wildman–Crippen LogP) is 2.97. The average Bonchev–Trinajstić information content (AvgIpc) is 2.51. The zero-order chi connectivity index (χ0) is 14.9. The van der Waals surface area contributed by atoms with Crippen LogP contribution in [0.25, 0.3) is 0 Å². The molecule has 4 heteroatoms. The van der Waals surface area contributed by atoms with Crippen LogP contribution in [0.1, 0.15) is 26.2 Å². The zero-order valence-corrected chi connectivity index (χ0v) is 12.6. The van der Waals surface area contributed by atoms with E-state index in [0.717, 1.165) is 30.8 Å². The SMILES string of the molecule is CCOc1ccc(NC(=O)CNCC2CC=CCC2)cc1. The Morgan fingerprint density at radius 1 is 1.29 bits per heavy atom. The highest BCUT2D eigenvalue weighted by molar-refractivity contribution is 5.92. The summed E-state index contributed by atoms with van der Waals surface area (Å²) >= 11 is 0. The van der Waals surface area contributed by atoms with Gasteiger partial charge in [0, 0.05) is 5.69 Å². The van der Waals surface area contributed by atoms with E-state index in [1.165, 1.54) is 6.42 Å². The van der Waals surface area contributed by atoms with Crippen LogP contribution < -0.4 is 15.4 Å². The lowest BCUT2D eigenvalue weighted by Crippen LogP contribution is -2.32. The number of benzene rings is 1. The quantitative estimate of drug-likeness (QED) is 0.758. The Morgan fingerprint density at radius 2 is 2.10 bits per heavy atom. The zero-order valence-electron chi connectivity index (χ0n) is 12.6. The third-order valence-electron chi connectivity index (χ3n) is 3.55. The molecule has 2 N–H and O–H groups in total. The maximum atomic E-state index is 11.8. The number of hydrogen-bond donors (Lipinski definition) is 2. The van der Waals surface area contributed by atoms with Crippen LogP contribution in [0, 0.1) is 5.92 Å². The lowest BCUT2D eigenvalue weighted by Gasteiger charge is -2.18. The molecule has 1 atom stereocenters. The molecule has 0 spiro atoms. The molecule has 0 saturated heterocycles. The van der Waals surface area contributed by atoms with Crippen molar-refractivity contribution in [1.82, 2.24) is 5.32 Å². The summed E-state index contributed by atoms with van der Waals surface area (Å²) in [6.07, 6.45) is 7.95. The molecule has 1 aliphatic rings. The molecule has 1 amide bonds. The second-order valence-electron chi connectivity index (χ2n) is 5.29. The van der Waals surface area contributed by atoms with Gasteiger partial charge < -0.3 is 15.4 Å². The molecule has 0 bridgehead atoms. The van der Waals surface area contributed by atoms with Crippen molar-refractivity contribution in [1.29, 1.82) is 0 Å². The van der Waals surface area contributed by atoms with Gasteiger partial charge in [-0.3, -0.25) is 4.79 Å². The Bertz CT molecular complexity index is 468. The number of amides is 1. The molecule has 1 aliphatic carbocycles.